The van der Waals surface area contributed by atoms with Crippen LogP contribution >= 0.6 is 0 Å². The maximum Gasteiger partial charge on any atom is 0.255 e. The molecule has 2 saturated carbocycles. The highest BCUT2D eigenvalue weighted by molar-refractivity contribution is 6.07. The standard InChI is InChI=1S/C28H37N3O2/c1-4-11-23(18-20(2)3)31(26(32)19-29-21-12-10-13-21)27-24-16-8-9-17-25(24)30(28(27)33)22-14-6-5-7-15-22/h4,8-9,11,16-18,21-22,27,29H,2,5-7,10,12-15,19H2,1,3H3/b11-4-,23-18+. The lowest BCUT2D eigenvalue weighted by Crippen LogP contribution is -2.48. The fourth-order valence-corrected chi connectivity index (χ4v) is 5.27. The van der Waals surface area contributed by atoms with Gasteiger partial charge in [-0.1, -0.05) is 62.1 Å². The van der Waals surface area contributed by atoms with E-state index in [9.17, 15) is 9.59 Å². The number of para-hydroxylation sites is 1. The van der Waals surface area contributed by atoms with Crippen LogP contribution in [0.1, 0.15) is 76.8 Å². The lowest BCUT2D eigenvalue weighted by molar-refractivity contribution is -0.136. The van der Waals surface area contributed by atoms with Crippen LogP contribution in [0.2, 0.25) is 0 Å². The summed E-state index contributed by atoms with van der Waals surface area (Å²) in [6.07, 6.45) is 14.7. The molecule has 176 valence electrons. The van der Waals surface area contributed by atoms with Gasteiger partial charge in [0.05, 0.1) is 6.54 Å². The minimum atomic E-state index is -0.652. The van der Waals surface area contributed by atoms with Crippen LogP contribution < -0.4 is 10.2 Å². The van der Waals surface area contributed by atoms with E-state index in [0.717, 1.165) is 55.3 Å². The van der Waals surface area contributed by atoms with Gasteiger partial charge in [-0.25, -0.2) is 0 Å². The number of carbonyl (C=O) groups excluding carboxylic acids is 2. The molecule has 4 rings (SSSR count). The summed E-state index contributed by atoms with van der Waals surface area (Å²) in [5.41, 5.74) is 3.43. The van der Waals surface area contributed by atoms with E-state index in [1.807, 2.05) is 61.2 Å². The molecule has 1 aliphatic heterocycles. The predicted molar refractivity (Wildman–Crippen MR) is 134 cm³/mol. The molecule has 0 bridgehead atoms. The van der Waals surface area contributed by atoms with E-state index in [0.29, 0.717) is 11.7 Å². The van der Waals surface area contributed by atoms with E-state index in [1.54, 1.807) is 4.90 Å². The maximum atomic E-state index is 14.0. The Kier molecular flexibility index (Phi) is 7.49. The van der Waals surface area contributed by atoms with E-state index < -0.39 is 6.04 Å². The lowest BCUT2D eigenvalue weighted by Gasteiger charge is -2.34. The third-order valence-corrected chi connectivity index (χ3v) is 7.09. The van der Waals surface area contributed by atoms with E-state index in [2.05, 4.69) is 11.9 Å². The van der Waals surface area contributed by atoms with E-state index in [4.69, 9.17) is 0 Å². The average Bonchev–Trinajstić information content (AvgIpc) is 3.05. The van der Waals surface area contributed by atoms with Crippen LogP contribution in [0.4, 0.5) is 5.69 Å². The SMILES string of the molecule is C=C(C)/C=C(\C=C/C)N(C(=O)CNC1CCC1)C1C(=O)N(C2CCCCC2)c2ccccc21. The number of nitrogens with one attached hydrogen (secondary N) is 1. The third-order valence-electron chi connectivity index (χ3n) is 7.09. The first-order valence-corrected chi connectivity index (χ1v) is 12.5. The summed E-state index contributed by atoms with van der Waals surface area (Å²) in [6.45, 7) is 8.11. The molecule has 0 aromatic heterocycles. The second-order valence-electron chi connectivity index (χ2n) is 9.65. The zero-order chi connectivity index (χ0) is 23.4. The first kappa shape index (κ1) is 23.5. The Morgan fingerprint density at radius 2 is 1.88 bits per heavy atom. The molecule has 2 amide bonds. The molecule has 1 aromatic carbocycles. The number of carbonyl (C=O) groups is 2. The second-order valence-corrected chi connectivity index (χ2v) is 9.65. The molecule has 1 unspecified atom stereocenters. The smallest absolute Gasteiger partial charge is 0.255 e. The van der Waals surface area contributed by atoms with Crippen molar-refractivity contribution in [3.8, 4) is 0 Å². The minimum absolute atomic E-state index is 0.0113. The summed E-state index contributed by atoms with van der Waals surface area (Å²) in [5, 5.41) is 3.40. The van der Waals surface area contributed by atoms with Crippen molar-refractivity contribution in [2.45, 2.75) is 83.3 Å². The molecule has 2 aliphatic carbocycles. The number of fused-ring (bicyclic) bond motifs is 1. The number of hydrogen-bond donors (Lipinski definition) is 1. The Morgan fingerprint density at radius 1 is 1.15 bits per heavy atom. The van der Waals surface area contributed by atoms with Gasteiger partial charge in [0.2, 0.25) is 5.91 Å². The van der Waals surface area contributed by atoms with Gasteiger partial charge in [0.1, 0.15) is 6.04 Å². The zero-order valence-electron chi connectivity index (χ0n) is 20.1. The van der Waals surface area contributed by atoms with E-state index in [-0.39, 0.29) is 24.4 Å². The molecule has 3 aliphatic rings. The monoisotopic (exact) mass is 447 g/mol. The van der Waals surface area contributed by atoms with Crippen molar-refractivity contribution in [2.24, 2.45) is 0 Å². The first-order valence-electron chi connectivity index (χ1n) is 12.5. The van der Waals surface area contributed by atoms with Crippen LogP contribution in [0.15, 0.2) is 60.3 Å². The molecule has 5 nitrogen and oxygen atoms in total. The molecular weight excluding hydrogens is 410 g/mol. The molecule has 0 radical (unpaired) electrons. The van der Waals surface area contributed by atoms with Gasteiger partial charge in [-0.2, -0.15) is 0 Å². The summed E-state index contributed by atoms with van der Waals surface area (Å²) < 4.78 is 0. The Balaban J connectivity index is 1.73. The minimum Gasteiger partial charge on any atom is -0.307 e. The van der Waals surface area contributed by atoms with Crippen LogP contribution in [-0.2, 0) is 9.59 Å². The van der Waals surface area contributed by atoms with Crippen molar-refractivity contribution in [3.63, 3.8) is 0 Å². The Morgan fingerprint density at radius 3 is 2.52 bits per heavy atom. The molecule has 1 atom stereocenters. The highest BCUT2D eigenvalue weighted by Crippen LogP contribution is 2.44. The number of benzene rings is 1. The van der Waals surface area contributed by atoms with Crippen molar-refractivity contribution >= 4 is 17.5 Å². The summed E-state index contributed by atoms with van der Waals surface area (Å²) in [4.78, 5) is 31.5. The fourth-order valence-electron chi connectivity index (χ4n) is 5.27. The van der Waals surface area contributed by atoms with Gasteiger partial charge in [-0.05, 0) is 57.7 Å². The molecule has 5 heteroatoms. The van der Waals surface area contributed by atoms with Crippen molar-refractivity contribution in [3.05, 3.63) is 65.9 Å². The largest absolute Gasteiger partial charge is 0.307 e. The van der Waals surface area contributed by atoms with Crippen LogP contribution in [0.3, 0.4) is 0 Å². The first-order chi connectivity index (χ1) is 16.0. The molecule has 33 heavy (non-hydrogen) atoms. The summed E-state index contributed by atoms with van der Waals surface area (Å²) in [5.74, 6) is -0.0663. The second kappa shape index (κ2) is 10.5. The molecule has 0 spiro atoms. The zero-order valence-corrected chi connectivity index (χ0v) is 20.1. The number of hydrogen-bond acceptors (Lipinski definition) is 3. The van der Waals surface area contributed by atoms with Gasteiger partial charge in [-0.3, -0.25) is 14.5 Å². The van der Waals surface area contributed by atoms with Crippen LogP contribution in [0, 0.1) is 0 Å². The van der Waals surface area contributed by atoms with Gasteiger partial charge >= 0.3 is 0 Å². The van der Waals surface area contributed by atoms with E-state index >= 15 is 0 Å². The van der Waals surface area contributed by atoms with Gasteiger partial charge < -0.3 is 10.2 Å². The number of nitrogens with zero attached hydrogens (tertiary/aromatic N) is 2. The quantitative estimate of drug-likeness (QED) is 0.542. The van der Waals surface area contributed by atoms with Crippen molar-refractivity contribution in [1.82, 2.24) is 10.2 Å². The Hall–Kier alpha value is -2.66. The number of allylic oxidation sites excluding steroid dienone is 4. The number of rotatable bonds is 8. The van der Waals surface area contributed by atoms with Gasteiger partial charge in [-0.15, -0.1) is 0 Å². The summed E-state index contributed by atoms with van der Waals surface area (Å²) in [6, 6.07) is 7.96. The van der Waals surface area contributed by atoms with Crippen molar-refractivity contribution in [1.29, 1.82) is 0 Å². The predicted octanol–water partition coefficient (Wildman–Crippen LogP) is 5.41. The lowest BCUT2D eigenvalue weighted by atomic mass is 9.93. The van der Waals surface area contributed by atoms with Gasteiger partial charge in [0.25, 0.3) is 5.91 Å². The molecule has 1 N–H and O–H groups in total. The van der Waals surface area contributed by atoms with Crippen LogP contribution in [0.25, 0.3) is 0 Å². The number of anilines is 1. The molecule has 1 heterocycles. The van der Waals surface area contributed by atoms with E-state index in [1.165, 1.54) is 12.8 Å². The highest BCUT2D eigenvalue weighted by Gasteiger charge is 2.45. The third kappa shape index (κ3) is 4.98. The van der Waals surface area contributed by atoms with Gasteiger partial charge in [0.15, 0.2) is 0 Å². The molecule has 2 fully saturated rings. The summed E-state index contributed by atoms with van der Waals surface area (Å²) in [7, 11) is 0. The van der Waals surface area contributed by atoms with Crippen molar-refractivity contribution < 1.29 is 9.59 Å². The molecule has 1 aromatic rings. The molecular formula is C28H37N3O2. The normalized spacial score (nSPS) is 21.9. The topological polar surface area (TPSA) is 52.7 Å². The van der Waals surface area contributed by atoms with Crippen LogP contribution in [-0.4, -0.2) is 35.3 Å². The highest BCUT2D eigenvalue weighted by atomic mass is 16.2. The summed E-state index contributed by atoms with van der Waals surface area (Å²) >= 11 is 0. The average molecular weight is 448 g/mol. The number of amides is 2. The molecule has 0 saturated heterocycles. The fraction of sp³-hybridized carbons (Fsp3) is 0.500. The van der Waals surface area contributed by atoms with Crippen molar-refractivity contribution in [2.75, 3.05) is 11.4 Å². The van der Waals surface area contributed by atoms with Crippen LogP contribution in [0.5, 0.6) is 0 Å². The van der Waals surface area contributed by atoms with Gasteiger partial charge in [0, 0.05) is 29.0 Å². The Labute approximate surface area is 198 Å². The Bertz CT molecular complexity index is 954. The maximum absolute atomic E-state index is 14.0.